The molecule has 0 amide bonds. The molecule has 0 spiro atoms. The second kappa shape index (κ2) is 7.85. The Hall–Kier alpha value is -1.44. The molecule has 0 aromatic heterocycles. The van der Waals surface area contributed by atoms with Crippen molar-refractivity contribution in [3.05, 3.63) is 29.3 Å². The van der Waals surface area contributed by atoms with Gasteiger partial charge >= 0.3 is 5.97 Å². The molecule has 0 radical (unpaired) electrons. The molecule has 1 unspecified atom stereocenters. The normalized spacial score (nSPS) is 18.4. The van der Waals surface area contributed by atoms with E-state index in [1.165, 1.54) is 4.31 Å². The standard InChI is InChI=1S/C18H28N2O4S/c1-13(2)11-17(18(21)22)19-7-9-20(10-8-19)25(23,24)16-6-5-14(3)15(4)12-16/h5-6,12-13,17H,7-11H2,1-4H3,(H,21,22). The van der Waals surface area contributed by atoms with Gasteiger partial charge in [0, 0.05) is 26.2 Å². The first kappa shape index (κ1) is 19.9. The minimum Gasteiger partial charge on any atom is -0.480 e. The fourth-order valence-corrected chi connectivity index (χ4v) is 4.64. The molecule has 1 N–H and O–H groups in total. The maximum Gasteiger partial charge on any atom is 0.320 e. The molecule has 1 aliphatic heterocycles. The third kappa shape index (κ3) is 4.59. The van der Waals surface area contributed by atoms with Gasteiger partial charge in [0.2, 0.25) is 10.0 Å². The predicted molar refractivity (Wildman–Crippen MR) is 97.1 cm³/mol. The summed E-state index contributed by atoms with van der Waals surface area (Å²) in [4.78, 5) is 13.7. The third-order valence-electron chi connectivity index (χ3n) is 4.81. The van der Waals surface area contributed by atoms with Crippen LogP contribution in [0.2, 0.25) is 0 Å². The van der Waals surface area contributed by atoms with Crippen LogP contribution in [0, 0.1) is 19.8 Å². The third-order valence-corrected chi connectivity index (χ3v) is 6.70. The van der Waals surface area contributed by atoms with Crippen LogP contribution in [0.1, 0.15) is 31.4 Å². The van der Waals surface area contributed by atoms with Gasteiger partial charge in [0.25, 0.3) is 0 Å². The molecule has 0 aliphatic carbocycles. The van der Waals surface area contributed by atoms with Crippen molar-refractivity contribution in [2.24, 2.45) is 5.92 Å². The molecular formula is C18H28N2O4S. The minimum atomic E-state index is -3.53. The van der Waals surface area contributed by atoms with Gasteiger partial charge in [0.1, 0.15) is 6.04 Å². The van der Waals surface area contributed by atoms with Gasteiger partial charge in [-0.15, -0.1) is 0 Å². The Morgan fingerprint density at radius 3 is 2.20 bits per heavy atom. The molecule has 0 saturated carbocycles. The van der Waals surface area contributed by atoms with Crippen LogP contribution < -0.4 is 0 Å². The number of hydrogen-bond acceptors (Lipinski definition) is 4. The van der Waals surface area contributed by atoms with Gasteiger partial charge in [-0.1, -0.05) is 19.9 Å². The van der Waals surface area contributed by atoms with Gasteiger partial charge in [0.15, 0.2) is 0 Å². The lowest BCUT2D eigenvalue weighted by Gasteiger charge is -2.37. The number of nitrogens with zero attached hydrogens (tertiary/aromatic N) is 2. The number of benzene rings is 1. The summed E-state index contributed by atoms with van der Waals surface area (Å²) in [5, 5.41) is 9.46. The molecule has 1 atom stereocenters. The number of carboxylic acid groups (broad SMARTS) is 1. The summed E-state index contributed by atoms with van der Waals surface area (Å²) in [6.07, 6.45) is 0.569. The smallest absolute Gasteiger partial charge is 0.320 e. The van der Waals surface area contributed by atoms with E-state index in [1.807, 2.05) is 38.7 Å². The van der Waals surface area contributed by atoms with E-state index < -0.39 is 22.0 Å². The lowest BCUT2D eigenvalue weighted by atomic mass is 10.0. The second-order valence-electron chi connectivity index (χ2n) is 7.17. The Balaban J connectivity index is 2.10. The molecule has 1 aliphatic rings. The molecule has 1 aromatic rings. The van der Waals surface area contributed by atoms with E-state index >= 15 is 0 Å². The summed E-state index contributed by atoms with van der Waals surface area (Å²) < 4.78 is 27.1. The minimum absolute atomic E-state index is 0.276. The van der Waals surface area contributed by atoms with E-state index in [0.29, 0.717) is 37.5 Å². The lowest BCUT2D eigenvalue weighted by molar-refractivity contribution is -0.144. The Kier molecular flexibility index (Phi) is 6.24. The lowest BCUT2D eigenvalue weighted by Crippen LogP contribution is -2.54. The molecule has 1 fully saturated rings. The van der Waals surface area contributed by atoms with E-state index in [1.54, 1.807) is 12.1 Å². The predicted octanol–water partition coefficient (Wildman–Crippen LogP) is 2.11. The first-order valence-electron chi connectivity index (χ1n) is 8.67. The van der Waals surface area contributed by atoms with Crippen molar-refractivity contribution in [3.8, 4) is 0 Å². The molecule has 7 heteroatoms. The largest absolute Gasteiger partial charge is 0.480 e. The summed E-state index contributed by atoms with van der Waals surface area (Å²) in [6, 6.07) is 4.62. The van der Waals surface area contributed by atoms with E-state index in [-0.39, 0.29) is 5.92 Å². The number of carboxylic acids is 1. The quantitative estimate of drug-likeness (QED) is 0.832. The van der Waals surface area contributed by atoms with Crippen LogP contribution in [0.5, 0.6) is 0 Å². The van der Waals surface area contributed by atoms with E-state index in [9.17, 15) is 18.3 Å². The van der Waals surface area contributed by atoms with Gasteiger partial charge in [-0.05, 0) is 49.4 Å². The molecule has 1 saturated heterocycles. The van der Waals surface area contributed by atoms with Crippen LogP contribution in [-0.4, -0.2) is 60.9 Å². The zero-order chi connectivity index (χ0) is 18.8. The van der Waals surface area contributed by atoms with Crippen molar-refractivity contribution >= 4 is 16.0 Å². The molecule has 2 rings (SSSR count). The number of sulfonamides is 1. The Morgan fingerprint density at radius 2 is 1.72 bits per heavy atom. The molecule has 6 nitrogen and oxygen atoms in total. The number of aryl methyl sites for hydroxylation is 2. The summed E-state index contributed by atoms with van der Waals surface area (Å²) in [6.45, 7) is 9.35. The molecule has 1 heterocycles. The highest BCUT2D eigenvalue weighted by molar-refractivity contribution is 7.89. The molecular weight excluding hydrogens is 340 g/mol. The van der Waals surface area contributed by atoms with Crippen molar-refractivity contribution in [1.29, 1.82) is 0 Å². The van der Waals surface area contributed by atoms with Crippen LogP contribution in [0.25, 0.3) is 0 Å². The summed E-state index contributed by atoms with van der Waals surface area (Å²) in [7, 11) is -3.53. The van der Waals surface area contributed by atoms with Crippen molar-refractivity contribution in [3.63, 3.8) is 0 Å². The van der Waals surface area contributed by atoms with Gasteiger partial charge in [-0.25, -0.2) is 8.42 Å². The molecule has 0 bridgehead atoms. The van der Waals surface area contributed by atoms with E-state index in [4.69, 9.17) is 0 Å². The van der Waals surface area contributed by atoms with Crippen molar-refractivity contribution in [2.45, 2.75) is 45.1 Å². The zero-order valence-electron chi connectivity index (χ0n) is 15.4. The fraction of sp³-hybridized carbons (Fsp3) is 0.611. The highest BCUT2D eigenvalue weighted by atomic mass is 32.2. The number of aliphatic carboxylic acids is 1. The number of hydrogen-bond donors (Lipinski definition) is 1. The summed E-state index contributed by atoms with van der Waals surface area (Å²) in [5.74, 6) is -0.558. The number of carbonyl (C=O) groups is 1. The summed E-state index contributed by atoms with van der Waals surface area (Å²) >= 11 is 0. The molecule has 140 valence electrons. The van der Waals surface area contributed by atoms with E-state index in [0.717, 1.165) is 11.1 Å². The van der Waals surface area contributed by atoms with E-state index in [2.05, 4.69) is 0 Å². The average molecular weight is 368 g/mol. The van der Waals surface area contributed by atoms with Crippen LogP contribution in [0.4, 0.5) is 0 Å². The maximum absolute atomic E-state index is 12.8. The van der Waals surface area contributed by atoms with Crippen LogP contribution >= 0.6 is 0 Å². The van der Waals surface area contributed by atoms with Gasteiger partial charge in [-0.3, -0.25) is 9.69 Å². The molecule has 25 heavy (non-hydrogen) atoms. The Labute approximate surface area is 150 Å². The first-order chi connectivity index (χ1) is 11.6. The second-order valence-corrected chi connectivity index (χ2v) is 9.11. The summed E-state index contributed by atoms with van der Waals surface area (Å²) in [5.41, 5.74) is 2.00. The zero-order valence-corrected chi connectivity index (χ0v) is 16.2. The average Bonchev–Trinajstić information content (AvgIpc) is 2.54. The number of piperazine rings is 1. The van der Waals surface area contributed by atoms with Crippen LogP contribution in [0.3, 0.4) is 0 Å². The number of rotatable bonds is 6. The van der Waals surface area contributed by atoms with Crippen molar-refractivity contribution < 1.29 is 18.3 Å². The highest BCUT2D eigenvalue weighted by Gasteiger charge is 2.33. The Morgan fingerprint density at radius 1 is 1.12 bits per heavy atom. The maximum atomic E-state index is 12.8. The highest BCUT2D eigenvalue weighted by Crippen LogP contribution is 2.22. The molecule has 1 aromatic carbocycles. The van der Waals surface area contributed by atoms with Crippen LogP contribution in [-0.2, 0) is 14.8 Å². The SMILES string of the molecule is Cc1ccc(S(=O)(=O)N2CCN(C(CC(C)C)C(=O)O)CC2)cc1C. The van der Waals surface area contributed by atoms with Gasteiger partial charge in [-0.2, -0.15) is 4.31 Å². The van der Waals surface area contributed by atoms with Gasteiger partial charge < -0.3 is 5.11 Å². The van der Waals surface area contributed by atoms with Gasteiger partial charge in [0.05, 0.1) is 4.90 Å². The van der Waals surface area contributed by atoms with Crippen molar-refractivity contribution in [1.82, 2.24) is 9.21 Å². The Bertz CT molecular complexity index is 723. The first-order valence-corrected chi connectivity index (χ1v) is 10.1. The fourth-order valence-electron chi connectivity index (χ4n) is 3.13. The van der Waals surface area contributed by atoms with Crippen molar-refractivity contribution in [2.75, 3.05) is 26.2 Å². The monoisotopic (exact) mass is 368 g/mol. The van der Waals surface area contributed by atoms with Crippen LogP contribution in [0.15, 0.2) is 23.1 Å². The topological polar surface area (TPSA) is 77.9 Å².